The summed E-state index contributed by atoms with van der Waals surface area (Å²) in [6.07, 6.45) is 0.900. The summed E-state index contributed by atoms with van der Waals surface area (Å²) in [5.74, 6) is 0.783. The van der Waals surface area contributed by atoms with Gasteiger partial charge in [0.05, 0.1) is 13.2 Å². The molecular formula is C12H15NO3. The molecule has 0 saturated carbocycles. The van der Waals surface area contributed by atoms with Crippen LogP contribution in [-0.4, -0.2) is 30.9 Å². The minimum atomic E-state index is -0.00153. The second kappa shape index (κ2) is 3.96. The number of phenolic OH excluding ortho intramolecular Hbond substituents is 1. The summed E-state index contributed by atoms with van der Waals surface area (Å²) in [5.41, 5.74) is 0.953. The van der Waals surface area contributed by atoms with Crippen molar-refractivity contribution < 1.29 is 14.6 Å². The number of nitrogens with one attached hydrogen (secondary N) is 1. The van der Waals surface area contributed by atoms with Gasteiger partial charge in [0.2, 0.25) is 0 Å². The molecule has 0 bridgehead atoms. The Morgan fingerprint density at radius 3 is 3.19 bits per heavy atom. The van der Waals surface area contributed by atoms with Crippen molar-refractivity contribution in [3.05, 3.63) is 23.8 Å². The van der Waals surface area contributed by atoms with Crippen molar-refractivity contribution in [2.75, 3.05) is 19.8 Å². The SMILES string of the molecule is Oc1cccc2c1OCCC1NCCOC21. The van der Waals surface area contributed by atoms with Gasteiger partial charge in [0.25, 0.3) is 0 Å². The number of hydrogen-bond acceptors (Lipinski definition) is 4. The quantitative estimate of drug-likeness (QED) is 0.691. The van der Waals surface area contributed by atoms with Gasteiger partial charge in [-0.25, -0.2) is 0 Å². The van der Waals surface area contributed by atoms with Crippen LogP contribution in [0.2, 0.25) is 0 Å². The van der Waals surface area contributed by atoms with Crippen LogP contribution in [0.25, 0.3) is 0 Å². The molecule has 3 rings (SSSR count). The molecule has 4 heteroatoms. The van der Waals surface area contributed by atoms with Gasteiger partial charge < -0.3 is 19.9 Å². The Hall–Kier alpha value is -1.26. The summed E-state index contributed by atoms with van der Waals surface area (Å²) >= 11 is 0. The molecule has 0 radical (unpaired) electrons. The van der Waals surface area contributed by atoms with E-state index < -0.39 is 0 Å². The number of hydrogen-bond donors (Lipinski definition) is 2. The highest BCUT2D eigenvalue weighted by Crippen LogP contribution is 2.40. The van der Waals surface area contributed by atoms with Crippen LogP contribution in [0.5, 0.6) is 11.5 Å². The molecule has 4 nitrogen and oxygen atoms in total. The van der Waals surface area contributed by atoms with E-state index in [0.717, 1.165) is 18.5 Å². The lowest BCUT2D eigenvalue weighted by Crippen LogP contribution is -2.43. The zero-order valence-electron chi connectivity index (χ0n) is 8.98. The third kappa shape index (κ3) is 1.54. The highest BCUT2D eigenvalue weighted by Gasteiger charge is 2.32. The molecule has 0 aromatic heterocycles. The minimum absolute atomic E-state index is 0.00153. The van der Waals surface area contributed by atoms with Crippen molar-refractivity contribution in [1.82, 2.24) is 5.32 Å². The van der Waals surface area contributed by atoms with Crippen LogP contribution < -0.4 is 10.1 Å². The molecule has 1 fully saturated rings. The van der Waals surface area contributed by atoms with E-state index in [2.05, 4.69) is 5.32 Å². The Morgan fingerprint density at radius 2 is 2.25 bits per heavy atom. The molecule has 2 atom stereocenters. The van der Waals surface area contributed by atoms with Crippen LogP contribution in [0.1, 0.15) is 18.1 Å². The Labute approximate surface area is 94.2 Å². The zero-order valence-corrected chi connectivity index (χ0v) is 8.98. The number of ether oxygens (including phenoxy) is 2. The molecule has 0 amide bonds. The van der Waals surface area contributed by atoms with Crippen LogP contribution in [0.3, 0.4) is 0 Å². The minimum Gasteiger partial charge on any atom is -0.504 e. The van der Waals surface area contributed by atoms with Gasteiger partial charge in [-0.05, 0) is 12.5 Å². The van der Waals surface area contributed by atoms with Gasteiger partial charge in [-0.15, -0.1) is 0 Å². The number of para-hydroxylation sites is 1. The number of fused-ring (bicyclic) bond motifs is 3. The summed E-state index contributed by atoms with van der Waals surface area (Å²) in [6, 6.07) is 5.73. The third-order valence-electron chi connectivity index (χ3n) is 3.18. The first-order valence-electron chi connectivity index (χ1n) is 5.66. The lowest BCUT2D eigenvalue weighted by molar-refractivity contribution is -0.00587. The fraction of sp³-hybridized carbons (Fsp3) is 0.500. The van der Waals surface area contributed by atoms with Gasteiger partial charge in [-0.2, -0.15) is 0 Å². The van der Waals surface area contributed by atoms with Crippen LogP contribution in [0.4, 0.5) is 0 Å². The largest absolute Gasteiger partial charge is 0.504 e. The van der Waals surface area contributed by atoms with E-state index in [4.69, 9.17) is 9.47 Å². The van der Waals surface area contributed by atoms with E-state index in [9.17, 15) is 5.11 Å². The van der Waals surface area contributed by atoms with Gasteiger partial charge in [0.1, 0.15) is 6.10 Å². The third-order valence-corrected chi connectivity index (χ3v) is 3.18. The second-order valence-corrected chi connectivity index (χ2v) is 4.18. The van der Waals surface area contributed by atoms with Gasteiger partial charge in [0.15, 0.2) is 11.5 Å². The first-order valence-corrected chi connectivity index (χ1v) is 5.66. The Kier molecular flexibility index (Phi) is 2.46. The van der Waals surface area contributed by atoms with E-state index >= 15 is 0 Å². The monoisotopic (exact) mass is 221 g/mol. The van der Waals surface area contributed by atoms with E-state index in [-0.39, 0.29) is 17.9 Å². The lowest BCUT2D eigenvalue weighted by atomic mass is 9.98. The molecule has 0 spiro atoms. The normalized spacial score (nSPS) is 28.5. The molecule has 2 N–H and O–H groups in total. The fourth-order valence-electron chi connectivity index (χ4n) is 2.42. The lowest BCUT2D eigenvalue weighted by Gasteiger charge is -2.31. The van der Waals surface area contributed by atoms with Gasteiger partial charge in [-0.1, -0.05) is 12.1 Å². The number of phenols is 1. The highest BCUT2D eigenvalue weighted by molar-refractivity contribution is 5.47. The summed E-state index contributed by atoms with van der Waals surface area (Å²) in [6.45, 7) is 2.20. The number of morpholine rings is 1. The molecule has 1 saturated heterocycles. The molecule has 0 aliphatic carbocycles. The van der Waals surface area contributed by atoms with Gasteiger partial charge in [0, 0.05) is 18.2 Å². The maximum absolute atomic E-state index is 9.77. The molecular weight excluding hydrogens is 206 g/mol. The predicted molar refractivity (Wildman–Crippen MR) is 58.7 cm³/mol. The molecule has 1 aromatic carbocycles. The van der Waals surface area contributed by atoms with Crippen LogP contribution in [0, 0.1) is 0 Å². The molecule has 2 unspecified atom stereocenters. The Bertz CT molecular complexity index is 394. The van der Waals surface area contributed by atoms with Crippen molar-refractivity contribution >= 4 is 0 Å². The van der Waals surface area contributed by atoms with E-state index in [1.807, 2.05) is 12.1 Å². The molecule has 2 aliphatic heterocycles. The van der Waals surface area contributed by atoms with Crippen molar-refractivity contribution in [2.45, 2.75) is 18.6 Å². The maximum Gasteiger partial charge on any atom is 0.166 e. The summed E-state index contributed by atoms with van der Waals surface area (Å²) in [5, 5.41) is 13.2. The molecule has 1 aromatic rings. The first kappa shape index (κ1) is 9.93. The summed E-state index contributed by atoms with van der Waals surface area (Å²) in [7, 11) is 0. The van der Waals surface area contributed by atoms with E-state index in [1.54, 1.807) is 6.07 Å². The summed E-state index contributed by atoms with van der Waals surface area (Å²) < 4.78 is 11.4. The van der Waals surface area contributed by atoms with Crippen molar-refractivity contribution in [1.29, 1.82) is 0 Å². The van der Waals surface area contributed by atoms with Crippen molar-refractivity contribution in [3.8, 4) is 11.5 Å². The zero-order chi connectivity index (χ0) is 11.0. The molecule has 16 heavy (non-hydrogen) atoms. The van der Waals surface area contributed by atoms with Crippen LogP contribution >= 0.6 is 0 Å². The van der Waals surface area contributed by atoms with Crippen LogP contribution in [0.15, 0.2) is 18.2 Å². The van der Waals surface area contributed by atoms with Crippen molar-refractivity contribution in [3.63, 3.8) is 0 Å². The molecule has 2 aliphatic rings. The average molecular weight is 221 g/mol. The topological polar surface area (TPSA) is 50.7 Å². The molecule has 86 valence electrons. The first-order chi connectivity index (χ1) is 7.86. The van der Waals surface area contributed by atoms with E-state index in [0.29, 0.717) is 19.0 Å². The van der Waals surface area contributed by atoms with Gasteiger partial charge >= 0.3 is 0 Å². The number of benzene rings is 1. The summed E-state index contributed by atoms with van der Waals surface area (Å²) in [4.78, 5) is 0. The van der Waals surface area contributed by atoms with Crippen LogP contribution in [-0.2, 0) is 4.74 Å². The highest BCUT2D eigenvalue weighted by atomic mass is 16.5. The standard InChI is InChI=1S/C12H15NO3/c14-10-3-1-2-8-11-9(13-5-7-16-11)4-6-15-12(8)10/h1-3,9,11,13-14H,4-7H2. The second-order valence-electron chi connectivity index (χ2n) is 4.18. The smallest absolute Gasteiger partial charge is 0.166 e. The maximum atomic E-state index is 9.77. The van der Waals surface area contributed by atoms with Crippen molar-refractivity contribution in [2.24, 2.45) is 0 Å². The number of aromatic hydroxyl groups is 1. The predicted octanol–water partition coefficient (Wildman–Crippen LogP) is 1.20. The van der Waals surface area contributed by atoms with E-state index in [1.165, 1.54) is 0 Å². The number of rotatable bonds is 0. The molecule has 2 heterocycles. The Morgan fingerprint density at radius 1 is 1.31 bits per heavy atom. The fourth-order valence-corrected chi connectivity index (χ4v) is 2.42. The average Bonchev–Trinajstić information content (AvgIpc) is 2.50. The van der Waals surface area contributed by atoms with Gasteiger partial charge in [-0.3, -0.25) is 0 Å². The Balaban J connectivity index is 2.04.